The van der Waals surface area contributed by atoms with Crippen LogP contribution in [0.1, 0.15) is 39.5 Å². The molecular formula is C9H14O3Pd. The zero-order valence-corrected chi connectivity index (χ0v) is 9.42. The summed E-state index contributed by atoms with van der Waals surface area (Å²) in [6.45, 7) is 2.91. The van der Waals surface area contributed by atoms with Gasteiger partial charge < -0.3 is 9.59 Å². The minimum atomic E-state index is 0. The van der Waals surface area contributed by atoms with Crippen LogP contribution in [-0.4, -0.2) is 17.3 Å². The second kappa shape index (κ2) is 8.28. The average molecular weight is 277 g/mol. The summed E-state index contributed by atoms with van der Waals surface area (Å²) >= 11 is 0. The Hall–Kier alpha value is -0.328. The molecule has 0 saturated heterocycles. The summed E-state index contributed by atoms with van der Waals surface area (Å²) in [5, 5.41) is 0. The SMILES string of the molecule is CC(=O)CCC(=O)CCC(C)=O.[Pd]. The van der Waals surface area contributed by atoms with Crippen LogP contribution in [0.15, 0.2) is 0 Å². The van der Waals surface area contributed by atoms with E-state index in [1.807, 2.05) is 0 Å². The van der Waals surface area contributed by atoms with Crippen molar-refractivity contribution in [3.63, 3.8) is 0 Å². The molecule has 0 radical (unpaired) electrons. The van der Waals surface area contributed by atoms with Gasteiger partial charge in [-0.3, -0.25) is 4.79 Å². The van der Waals surface area contributed by atoms with Gasteiger partial charge in [-0.2, -0.15) is 0 Å². The Morgan fingerprint density at radius 2 is 1.08 bits per heavy atom. The van der Waals surface area contributed by atoms with Crippen molar-refractivity contribution < 1.29 is 34.8 Å². The maximum atomic E-state index is 10.9. The molecule has 0 saturated carbocycles. The number of carbonyl (C=O) groups is 3. The van der Waals surface area contributed by atoms with Gasteiger partial charge in [-0.05, 0) is 13.8 Å². The summed E-state index contributed by atoms with van der Waals surface area (Å²) in [6.07, 6.45) is 1.17. The van der Waals surface area contributed by atoms with Gasteiger partial charge in [0.25, 0.3) is 0 Å². The molecule has 0 N–H and O–H groups in total. The van der Waals surface area contributed by atoms with Gasteiger partial charge in [0.2, 0.25) is 0 Å². The third-order valence-corrected chi connectivity index (χ3v) is 1.51. The summed E-state index contributed by atoms with van der Waals surface area (Å²) in [5.74, 6) is 0.0396. The Bertz CT molecular complexity index is 179. The minimum absolute atomic E-state index is 0. The van der Waals surface area contributed by atoms with Crippen molar-refractivity contribution in [3.8, 4) is 0 Å². The summed E-state index contributed by atoms with van der Waals surface area (Å²) < 4.78 is 0. The van der Waals surface area contributed by atoms with E-state index in [9.17, 15) is 14.4 Å². The van der Waals surface area contributed by atoms with Crippen molar-refractivity contribution in [2.24, 2.45) is 0 Å². The van der Waals surface area contributed by atoms with Crippen LogP contribution in [0.3, 0.4) is 0 Å². The van der Waals surface area contributed by atoms with Crippen LogP contribution in [0.4, 0.5) is 0 Å². The van der Waals surface area contributed by atoms with Gasteiger partial charge in [-0.1, -0.05) is 0 Å². The van der Waals surface area contributed by atoms with Crippen LogP contribution in [0.25, 0.3) is 0 Å². The number of carbonyl (C=O) groups excluding carboxylic acids is 3. The van der Waals surface area contributed by atoms with Crippen LogP contribution in [-0.2, 0) is 34.8 Å². The largest absolute Gasteiger partial charge is 0.300 e. The fraction of sp³-hybridized carbons (Fsp3) is 0.667. The number of hydrogen-bond acceptors (Lipinski definition) is 3. The molecule has 0 aliphatic rings. The van der Waals surface area contributed by atoms with E-state index in [0.717, 1.165) is 0 Å². The third-order valence-electron chi connectivity index (χ3n) is 1.51. The normalized spacial score (nSPS) is 8.77. The van der Waals surface area contributed by atoms with Crippen molar-refractivity contribution >= 4 is 17.3 Å². The van der Waals surface area contributed by atoms with Gasteiger partial charge in [0.05, 0.1) is 0 Å². The van der Waals surface area contributed by atoms with E-state index in [-0.39, 0.29) is 50.6 Å². The van der Waals surface area contributed by atoms with E-state index in [1.54, 1.807) is 0 Å². The van der Waals surface area contributed by atoms with Crippen LogP contribution in [0.2, 0.25) is 0 Å². The molecule has 13 heavy (non-hydrogen) atoms. The molecule has 0 unspecified atom stereocenters. The number of ketones is 3. The fourth-order valence-corrected chi connectivity index (χ4v) is 0.756. The van der Waals surface area contributed by atoms with Crippen molar-refractivity contribution in [3.05, 3.63) is 0 Å². The molecule has 0 spiro atoms. The third kappa shape index (κ3) is 11.7. The molecule has 0 aliphatic heterocycles. The van der Waals surface area contributed by atoms with Gasteiger partial charge >= 0.3 is 0 Å². The predicted octanol–water partition coefficient (Wildman–Crippen LogP) is 1.29. The van der Waals surface area contributed by atoms with Crippen LogP contribution in [0, 0.1) is 0 Å². The first-order chi connectivity index (χ1) is 5.52. The first-order valence-corrected chi connectivity index (χ1v) is 4.03. The Kier molecular flexibility index (Phi) is 9.65. The van der Waals surface area contributed by atoms with Crippen LogP contribution >= 0.6 is 0 Å². The Balaban J connectivity index is 0. The van der Waals surface area contributed by atoms with Crippen molar-refractivity contribution in [2.75, 3.05) is 0 Å². The molecule has 0 amide bonds. The van der Waals surface area contributed by atoms with Crippen LogP contribution in [0.5, 0.6) is 0 Å². The minimum Gasteiger partial charge on any atom is -0.300 e. The zero-order chi connectivity index (χ0) is 9.56. The Labute approximate surface area is 91.9 Å². The monoisotopic (exact) mass is 276 g/mol. The van der Waals surface area contributed by atoms with Crippen molar-refractivity contribution in [2.45, 2.75) is 39.5 Å². The molecule has 0 aromatic rings. The van der Waals surface area contributed by atoms with E-state index in [1.165, 1.54) is 13.8 Å². The molecule has 0 heterocycles. The van der Waals surface area contributed by atoms with E-state index < -0.39 is 0 Å². The zero-order valence-electron chi connectivity index (χ0n) is 7.87. The van der Waals surface area contributed by atoms with Gasteiger partial charge in [-0.15, -0.1) is 0 Å². The second-order valence-corrected chi connectivity index (χ2v) is 2.94. The summed E-state index contributed by atoms with van der Waals surface area (Å²) in [7, 11) is 0. The molecule has 0 aromatic carbocycles. The Morgan fingerprint density at radius 1 is 0.769 bits per heavy atom. The average Bonchev–Trinajstić information content (AvgIpc) is 1.96. The first kappa shape index (κ1) is 15.2. The van der Waals surface area contributed by atoms with E-state index in [0.29, 0.717) is 12.8 Å². The Morgan fingerprint density at radius 3 is 1.31 bits per heavy atom. The number of rotatable bonds is 6. The summed E-state index contributed by atoms with van der Waals surface area (Å²) in [4.78, 5) is 31.9. The van der Waals surface area contributed by atoms with Gasteiger partial charge in [0.15, 0.2) is 0 Å². The first-order valence-electron chi connectivity index (χ1n) is 4.03. The standard InChI is InChI=1S/C9H14O3.Pd/c1-7(10)3-5-9(12)6-4-8(2)11;/h3-6H2,1-2H3;. The van der Waals surface area contributed by atoms with E-state index >= 15 is 0 Å². The molecule has 78 valence electrons. The molecule has 4 heteroatoms. The number of hydrogen-bond donors (Lipinski definition) is 0. The van der Waals surface area contributed by atoms with E-state index in [4.69, 9.17) is 0 Å². The number of Topliss-reactive ketones (excluding diaryl/α,β-unsaturated/α-hetero) is 3. The van der Waals surface area contributed by atoms with Crippen molar-refractivity contribution in [1.29, 1.82) is 0 Å². The predicted molar refractivity (Wildman–Crippen MR) is 44.8 cm³/mol. The second-order valence-electron chi connectivity index (χ2n) is 2.94. The molecule has 0 rings (SSSR count). The summed E-state index contributed by atoms with van der Waals surface area (Å²) in [6, 6.07) is 0. The maximum absolute atomic E-state index is 10.9. The molecule has 3 nitrogen and oxygen atoms in total. The maximum Gasteiger partial charge on any atom is 0.133 e. The molecule has 0 bridgehead atoms. The van der Waals surface area contributed by atoms with Gasteiger partial charge in [0, 0.05) is 46.1 Å². The van der Waals surface area contributed by atoms with Gasteiger partial charge in [-0.25, -0.2) is 0 Å². The smallest absolute Gasteiger partial charge is 0.133 e. The fourth-order valence-electron chi connectivity index (χ4n) is 0.756. The van der Waals surface area contributed by atoms with Crippen LogP contribution < -0.4 is 0 Å². The summed E-state index contributed by atoms with van der Waals surface area (Å²) in [5.41, 5.74) is 0. The molecule has 0 atom stereocenters. The molecule has 0 aromatic heterocycles. The van der Waals surface area contributed by atoms with E-state index in [2.05, 4.69) is 0 Å². The molecular weight excluding hydrogens is 263 g/mol. The van der Waals surface area contributed by atoms with Gasteiger partial charge in [0.1, 0.15) is 17.3 Å². The topological polar surface area (TPSA) is 51.2 Å². The quantitative estimate of drug-likeness (QED) is 0.687. The van der Waals surface area contributed by atoms with Crippen molar-refractivity contribution in [1.82, 2.24) is 0 Å². The molecule has 0 aliphatic carbocycles. The molecule has 0 fully saturated rings.